The molecule has 0 bridgehead atoms. The topological polar surface area (TPSA) is 90.7 Å². The van der Waals surface area contributed by atoms with Gasteiger partial charge in [-0.25, -0.2) is 4.79 Å². The third kappa shape index (κ3) is 4.74. The van der Waals surface area contributed by atoms with Crippen LogP contribution >= 0.6 is 0 Å². The van der Waals surface area contributed by atoms with Crippen LogP contribution in [-0.2, 0) is 16.0 Å². The standard InChI is InChI=1S/C21H24N2O5/c1-2-27-21(24)16-10-8-15(9-11-16)18-6-3-7-20(23(25)26)19(18)14-22-13-17-5-4-12-28-17/h3,6-11,17,22H,2,4-5,12-14H2,1H3. The fourth-order valence-corrected chi connectivity index (χ4v) is 3.37. The van der Waals surface area contributed by atoms with Gasteiger partial charge in [0.25, 0.3) is 5.69 Å². The fraction of sp³-hybridized carbons (Fsp3) is 0.381. The highest BCUT2D eigenvalue weighted by Crippen LogP contribution is 2.31. The molecule has 1 aliphatic rings. The first kappa shape index (κ1) is 20.0. The van der Waals surface area contributed by atoms with E-state index in [-0.39, 0.29) is 22.7 Å². The third-order valence-electron chi connectivity index (χ3n) is 4.75. The van der Waals surface area contributed by atoms with Crippen molar-refractivity contribution in [1.82, 2.24) is 5.32 Å². The van der Waals surface area contributed by atoms with Crippen LogP contribution in [0.4, 0.5) is 5.69 Å². The van der Waals surface area contributed by atoms with Crippen molar-refractivity contribution in [3.63, 3.8) is 0 Å². The lowest BCUT2D eigenvalue weighted by Gasteiger charge is -2.14. The normalized spacial score (nSPS) is 16.1. The molecule has 0 aromatic heterocycles. The molecule has 1 N–H and O–H groups in total. The first-order chi connectivity index (χ1) is 13.6. The van der Waals surface area contributed by atoms with Crippen LogP contribution in [0.15, 0.2) is 42.5 Å². The number of carbonyl (C=O) groups excluding carboxylic acids is 1. The minimum atomic E-state index is -0.383. The molecule has 1 atom stereocenters. The zero-order valence-corrected chi connectivity index (χ0v) is 15.8. The second-order valence-corrected chi connectivity index (χ2v) is 6.62. The molecule has 1 heterocycles. The summed E-state index contributed by atoms with van der Waals surface area (Å²) in [5, 5.41) is 14.8. The van der Waals surface area contributed by atoms with Crippen molar-refractivity contribution in [3.8, 4) is 11.1 Å². The summed E-state index contributed by atoms with van der Waals surface area (Å²) in [7, 11) is 0. The zero-order chi connectivity index (χ0) is 19.9. The maximum absolute atomic E-state index is 11.8. The number of hydrogen-bond acceptors (Lipinski definition) is 6. The molecule has 1 saturated heterocycles. The van der Waals surface area contributed by atoms with Crippen LogP contribution in [0.1, 0.15) is 35.7 Å². The molecule has 3 rings (SSSR count). The van der Waals surface area contributed by atoms with Gasteiger partial charge in [-0.3, -0.25) is 10.1 Å². The second-order valence-electron chi connectivity index (χ2n) is 6.62. The van der Waals surface area contributed by atoms with Crippen molar-refractivity contribution < 1.29 is 19.2 Å². The lowest BCUT2D eigenvalue weighted by Crippen LogP contribution is -2.26. The number of hydrogen-bond donors (Lipinski definition) is 1. The minimum Gasteiger partial charge on any atom is -0.462 e. The van der Waals surface area contributed by atoms with Crippen molar-refractivity contribution in [2.45, 2.75) is 32.4 Å². The van der Waals surface area contributed by atoms with E-state index in [4.69, 9.17) is 9.47 Å². The average Bonchev–Trinajstić information content (AvgIpc) is 3.22. The van der Waals surface area contributed by atoms with Gasteiger partial charge in [-0.05, 0) is 43.0 Å². The van der Waals surface area contributed by atoms with Crippen LogP contribution in [0.5, 0.6) is 0 Å². The molecule has 0 aliphatic carbocycles. The molecule has 2 aromatic carbocycles. The monoisotopic (exact) mass is 384 g/mol. The number of benzene rings is 2. The predicted octanol–water partition coefficient (Wildman–Crippen LogP) is 3.71. The van der Waals surface area contributed by atoms with Crippen LogP contribution in [0, 0.1) is 10.1 Å². The number of ether oxygens (including phenoxy) is 2. The number of esters is 1. The minimum absolute atomic E-state index is 0.0757. The lowest BCUT2D eigenvalue weighted by molar-refractivity contribution is -0.385. The van der Waals surface area contributed by atoms with Crippen molar-refractivity contribution >= 4 is 11.7 Å². The Balaban J connectivity index is 1.83. The maximum Gasteiger partial charge on any atom is 0.338 e. The van der Waals surface area contributed by atoms with Gasteiger partial charge in [0.15, 0.2) is 0 Å². The Labute approximate surface area is 163 Å². The average molecular weight is 384 g/mol. The van der Waals surface area contributed by atoms with Crippen molar-refractivity contribution in [3.05, 3.63) is 63.7 Å². The van der Waals surface area contributed by atoms with Crippen LogP contribution < -0.4 is 5.32 Å². The second kappa shape index (κ2) is 9.43. The molecular formula is C21H24N2O5. The Morgan fingerprint density at radius 1 is 1.29 bits per heavy atom. The molecule has 0 spiro atoms. The lowest BCUT2D eigenvalue weighted by atomic mass is 9.97. The van der Waals surface area contributed by atoms with E-state index in [1.807, 2.05) is 6.07 Å². The van der Waals surface area contributed by atoms with E-state index < -0.39 is 0 Å². The summed E-state index contributed by atoms with van der Waals surface area (Å²) in [6.45, 7) is 3.87. The largest absolute Gasteiger partial charge is 0.462 e. The third-order valence-corrected chi connectivity index (χ3v) is 4.75. The van der Waals surface area contributed by atoms with Gasteiger partial charge in [-0.1, -0.05) is 24.3 Å². The van der Waals surface area contributed by atoms with Crippen molar-refractivity contribution in [1.29, 1.82) is 0 Å². The predicted molar refractivity (Wildman–Crippen MR) is 105 cm³/mol. The molecule has 148 valence electrons. The maximum atomic E-state index is 11.8. The Hall–Kier alpha value is -2.77. The molecule has 1 unspecified atom stereocenters. The van der Waals surface area contributed by atoms with Gasteiger partial charge in [-0.15, -0.1) is 0 Å². The zero-order valence-electron chi connectivity index (χ0n) is 15.8. The molecule has 1 fully saturated rings. The molecular weight excluding hydrogens is 360 g/mol. The number of nitrogens with zero attached hydrogens (tertiary/aromatic N) is 1. The van der Waals surface area contributed by atoms with Gasteiger partial charge >= 0.3 is 5.97 Å². The van der Waals surface area contributed by atoms with Gasteiger partial charge in [-0.2, -0.15) is 0 Å². The molecule has 28 heavy (non-hydrogen) atoms. The fourth-order valence-electron chi connectivity index (χ4n) is 3.37. The SMILES string of the molecule is CCOC(=O)c1ccc(-c2cccc([N+](=O)[O-])c2CNCC2CCCO2)cc1. The summed E-state index contributed by atoms with van der Waals surface area (Å²) < 4.78 is 10.6. The van der Waals surface area contributed by atoms with Gasteiger partial charge < -0.3 is 14.8 Å². The number of nitrogens with one attached hydrogen (secondary N) is 1. The van der Waals surface area contributed by atoms with Crippen LogP contribution in [0.2, 0.25) is 0 Å². The first-order valence-electron chi connectivity index (χ1n) is 9.46. The number of nitro benzene ring substituents is 1. The highest BCUT2D eigenvalue weighted by atomic mass is 16.6. The summed E-state index contributed by atoms with van der Waals surface area (Å²) in [5.74, 6) is -0.383. The molecule has 7 heteroatoms. The van der Waals surface area contributed by atoms with Gasteiger partial charge in [0.1, 0.15) is 0 Å². The van der Waals surface area contributed by atoms with Crippen LogP contribution in [-0.4, -0.2) is 36.8 Å². The first-order valence-corrected chi connectivity index (χ1v) is 9.46. The smallest absolute Gasteiger partial charge is 0.338 e. The molecule has 7 nitrogen and oxygen atoms in total. The Morgan fingerprint density at radius 2 is 2.07 bits per heavy atom. The van der Waals surface area contributed by atoms with Gasteiger partial charge in [0.2, 0.25) is 0 Å². The van der Waals surface area contributed by atoms with Crippen molar-refractivity contribution in [2.75, 3.05) is 19.8 Å². The van der Waals surface area contributed by atoms with E-state index in [1.54, 1.807) is 37.3 Å². The van der Waals surface area contributed by atoms with Crippen LogP contribution in [0.3, 0.4) is 0 Å². The number of nitro groups is 1. The van der Waals surface area contributed by atoms with Gasteiger partial charge in [0.05, 0.1) is 28.8 Å². The van der Waals surface area contributed by atoms with E-state index >= 15 is 0 Å². The summed E-state index contributed by atoms with van der Waals surface area (Å²) in [6.07, 6.45) is 2.22. The Kier molecular flexibility index (Phi) is 6.73. The number of rotatable bonds is 8. The highest BCUT2D eigenvalue weighted by molar-refractivity contribution is 5.90. The van der Waals surface area contributed by atoms with E-state index in [1.165, 1.54) is 6.07 Å². The highest BCUT2D eigenvalue weighted by Gasteiger charge is 2.20. The van der Waals surface area contributed by atoms with Crippen LogP contribution in [0.25, 0.3) is 11.1 Å². The molecule has 1 aliphatic heterocycles. The quantitative estimate of drug-likeness (QED) is 0.424. The molecule has 0 amide bonds. The van der Waals surface area contributed by atoms with Crippen molar-refractivity contribution in [2.24, 2.45) is 0 Å². The summed E-state index contributed by atoms with van der Waals surface area (Å²) in [4.78, 5) is 23.0. The van der Waals surface area contributed by atoms with E-state index in [0.717, 1.165) is 30.6 Å². The summed E-state index contributed by atoms with van der Waals surface area (Å²) >= 11 is 0. The molecule has 0 radical (unpaired) electrons. The molecule has 0 saturated carbocycles. The summed E-state index contributed by atoms with van der Waals surface area (Å²) in [6, 6.07) is 12.0. The van der Waals surface area contributed by atoms with E-state index in [0.29, 0.717) is 30.8 Å². The molecule has 2 aromatic rings. The Bertz CT molecular complexity index is 829. The van der Waals surface area contributed by atoms with E-state index in [2.05, 4.69) is 5.32 Å². The summed E-state index contributed by atoms with van der Waals surface area (Å²) in [5.41, 5.74) is 2.73. The van der Waals surface area contributed by atoms with E-state index in [9.17, 15) is 14.9 Å². The van der Waals surface area contributed by atoms with Gasteiger partial charge in [0, 0.05) is 25.8 Å². The number of carbonyl (C=O) groups is 1. The Morgan fingerprint density at radius 3 is 2.71 bits per heavy atom.